The van der Waals surface area contributed by atoms with E-state index in [1.54, 1.807) is 36.4 Å². The lowest BCUT2D eigenvalue weighted by Crippen LogP contribution is -2.35. The van der Waals surface area contributed by atoms with Crippen LogP contribution in [0.3, 0.4) is 0 Å². The highest BCUT2D eigenvalue weighted by atomic mass is 35.5. The van der Waals surface area contributed by atoms with Crippen molar-refractivity contribution in [2.45, 2.75) is 19.0 Å². The number of sulfone groups is 1. The quantitative estimate of drug-likeness (QED) is 0.532. The number of rotatable bonds is 7. The number of hydrogen-bond acceptors (Lipinski definition) is 6. The van der Waals surface area contributed by atoms with Crippen LogP contribution in [0.25, 0.3) is 10.9 Å². The molecule has 34 heavy (non-hydrogen) atoms. The number of carbonyl (C=O) groups is 1. The van der Waals surface area contributed by atoms with Crippen LogP contribution in [-0.2, 0) is 33.5 Å². The van der Waals surface area contributed by atoms with E-state index in [1.165, 1.54) is 10.8 Å². The average molecular weight is 504 g/mol. The Morgan fingerprint density at radius 2 is 1.76 bits per heavy atom. The highest BCUT2D eigenvalue weighted by Gasteiger charge is 2.18. The lowest BCUT2D eigenvalue weighted by molar-refractivity contribution is 0.0342. The van der Waals surface area contributed by atoms with Gasteiger partial charge in [-0.25, -0.2) is 8.42 Å². The summed E-state index contributed by atoms with van der Waals surface area (Å²) in [6.45, 7) is 3.75. The fourth-order valence-electron chi connectivity index (χ4n) is 3.96. The van der Waals surface area contributed by atoms with E-state index in [-0.39, 0.29) is 18.0 Å². The Balaban J connectivity index is 1.69. The van der Waals surface area contributed by atoms with Crippen LogP contribution in [-0.4, -0.2) is 56.4 Å². The van der Waals surface area contributed by atoms with Crippen LogP contribution in [0.5, 0.6) is 0 Å². The van der Waals surface area contributed by atoms with Gasteiger partial charge in [0.05, 0.1) is 18.7 Å². The summed E-state index contributed by atoms with van der Waals surface area (Å²) in [7, 11) is -3.42. The van der Waals surface area contributed by atoms with Crippen molar-refractivity contribution in [3.8, 4) is 0 Å². The summed E-state index contributed by atoms with van der Waals surface area (Å²) in [5.74, 6) is -0.910. The Morgan fingerprint density at radius 3 is 2.44 bits per heavy atom. The van der Waals surface area contributed by atoms with Crippen LogP contribution in [0.1, 0.15) is 21.5 Å². The van der Waals surface area contributed by atoms with Crippen molar-refractivity contribution in [3.63, 3.8) is 0 Å². The van der Waals surface area contributed by atoms with E-state index in [2.05, 4.69) is 10.2 Å². The smallest absolute Gasteiger partial charge is 0.257 e. The number of halogens is 1. The van der Waals surface area contributed by atoms with Gasteiger partial charge in [-0.05, 0) is 35.4 Å². The molecule has 1 N–H and O–H groups in total. The van der Waals surface area contributed by atoms with Gasteiger partial charge in [0.2, 0.25) is 5.43 Å². The fourth-order valence-corrected chi connectivity index (χ4v) is 4.81. The minimum absolute atomic E-state index is 0.103. The molecule has 0 radical (unpaired) electrons. The third-order valence-corrected chi connectivity index (χ3v) is 6.64. The van der Waals surface area contributed by atoms with E-state index in [0.717, 1.165) is 30.5 Å². The molecule has 0 spiro atoms. The van der Waals surface area contributed by atoms with Crippen molar-refractivity contribution in [2.24, 2.45) is 0 Å². The number of ether oxygens (including phenoxy) is 1. The SMILES string of the molecule is CS(=O)(=O)Cn1cc(C(=O)NCc2ccc(Cl)cc2)c(=O)c2cc(CN3CCOCC3)ccc21. The minimum atomic E-state index is -3.42. The fraction of sp³-hybridized carbons (Fsp3) is 0.333. The first-order valence-corrected chi connectivity index (χ1v) is 13.3. The van der Waals surface area contributed by atoms with E-state index in [0.29, 0.717) is 35.7 Å². The number of amides is 1. The zero-order chi connectivity index (χ0) is 24.3. The van der Waals surface area contributed by atoms with Crippen molar-refractivity contribution in [1.82, 2.24) is 14.8 Å². The molecule has 1 amide bonds. The highest BCUT2D eigenvalue weighted by Crippen LogP contribution is 2.18. The second-order valence-corrected chi connectivity index (χ2v) is 11.0. The maximum Gasteiger partial charge on any atom is 0.257 e. The molecule has 4 rings (SSSR count). The topological polar surface area (TPSA) is 97.7 Å². The first kappa shape index (κ1) is 24.4. The molecule has 1 saturated heterocycles. The Kier molecular flexibility index (Phi) is 7.37. The molecular weight excluding hydrogens is 478 g/mol. The van der Waals surface area contributed by atoms with E-state index in [9.17, 15) is 18.0 Å². The number of fused-ring (bicyclic) bond motifs is 1. The normalized spacial score (nSPS) is 14.9. The maximum absolute atomic E-state index is 13.3. The maximum atomic E-state index is 13.3. The number of nitrogens with one attached hydrogen (secondary N) is 1. The van der Waals surface area contributed by atoms with Crippen LogP contribution in [0.2, 0.25) is 5.02 Å². The largest absolute Gasteiger partial charge is 0.379 e. The average Bonchev–Trinajstić information content (AvgIpc) is 2.80. The summed E-state index contributed by atoms with van der Waals surface area (Å²) in [6, 6.07) is 12.4. The number of nitrogens with zero attached hydrogens (tertiary/aromatic N) is 2. The highest BCUT2D eigenvalue weighted by molar-refractivity contribution is 7.89. The number of benzene rings is 2. The van der Waals surface area contributed by atoms with Gasteiger partial charge in [-0.2, -0.15) is 0 Å². The van der Waals surface area contributed by atoms with Gasteiger partial charge in [0.15, 0.2) is 9.84 Å². The number of hydrogen-bond donors (Lipinski definition) is 1. The van der Waals surface area contributed by atoms with Crippen LogP contribution < -0.4 is 10.7 Å². The summed E-state index contributed by atoms with van der Waals surface area (Å²) in [5.41, 5.74) is 1.67. The molecule has 1 aliphatic rings. The van der Waals surface area contributed by atoms with Gasteiger partial charge in [0.25, 0.3) is 5.91 Å². The molecule has 2 heterocycles. The van der Waals surface area contributed by atoms with Crippen molar-refractivity contribution >= 4 is 38.2 Å². The van der Waals surface area contributed by atoms with Crippen LogP contribution >= 0.6 is 11.6 Å². The van der Waals surface area contributed by atoms with Crippen LogP contribution in [0, 0.1) is 0 Å². The molecule has 8 nitrogen and oxygen atoms in total. The number of pyridine rings is 1. The molecule has 0 unspecified atom stereocenters. The predicted octanol–water partition coefficient (Wildman–Crippen LogP) is 2.42. The molecule has 0 aliphatic carbocycles. The minimum Gasteiger partial charge on any atom is -0.379 e. The standard InChI is InChI=1S/C24H26ClN3O5S/c1-34(31,32)16-28-15-21(24(30)26-13-17-2-5-19(25)6-3-17)23(29)20-12-18(4-7-22(20)28)14-27-8-10-33-11-9-27/h2-7,12,15H,8-11,13-14,16H2,1H3,(H,26,30). The van der Waals surface area contributed by atoms with Crippen LogP contribution in [0.15, 0.2) is 53.5 Å². The third-order valence-electron chi connectivity index (χ3n) is 5.64. The second-order valence-electron chi connectivity index (χ2n) is 8.45. The Hall–Kier alpha value is -2.72. The Bertz CT molecular complexity index is 1360. The van der Waals surface area contributed by atoms with Crippen LogP contribution in [0.4, 0.5) is 0 Å². The molecule has 3 aromatic rings. The number of morpholine rings is 1. The molecule has 1 aromatic heterocycles. The van der Waals surface area contributed by atoms with Gasteiger partial charge in [-0.1, -0.05) is 29.8 Å². The molecule has 1 aliphatic heterocycles. The van der Waals surface area contributed by atoms with E-state index < -0.39 is 21.2 Å². The Labute approximate surface area is 203 Å². The zero-order valence-electron chi connectivity index (χ0n) is 18.8. The van der Waals surface area contributed by atoms with Gasteiger partial charge in [0, 0.05) is 49.0 Å². The molecule has 1 fully saturated rings. The third kappa shape index (κ3) is 6.04. The van der Waals surface area contributed by atoms with Crippen molar-refractivity contribution < 1.29 is 17.9 Å². The number of aromatic nitrogens is 1. The molecule has 180 valence electrons. The number of carbonyl (C=O) groups excluding carboxylic acids is 1. The van der Waals surface area contributed by atoms with Crippen molar-refractivity contribution in [3.05, 3.63) is 80.6 Å². The van der Waals surface area contributed by atoms with E-state index in [1.807, 2.05) is 6.07 Å². The van der Waals surface area contributed by atoms with Gasteiger partial charge >= 0.3 is 0 Å². The summed E-state index contributed by atoms with van der Waals surface area (Å²) >= 11 is 5.90. The summed E-state index contributed by atoms with van der Waals surface area (Å²) in [5, 5.41) is 3.64. The molecule has 0 saturated carbocycles. The van der Waals surface area contributed by atoms with Gasteiger partial charge in [-0.3, -0.25) is 14.5 Å². The van der Waals surface area contributed by atoms with Gasteiger partial charge < -0.3 is 14.6 Å². The summed E-state index contributed by atoms with van der Waals surface area (Å²) in [6.07, 6.45) is 2.44. The molecule has 0 atom stereocenters. The predicted molar refractivity (Wildman–Crippen MR) is 132 cm³/mol. The first-order chi connectivity index (χ1) is 16.2. The van der Waals surface area contributed by atoms with E-state index >= 15 is 0 Å². The summed E-state index contributed by atoms with van der Waals surface area (Å²) < 4.78 is 30.9. The molecule has 2 aromatic carbocycles. The Morgan fingerprint density at radius 1 is 1.09 bits per heavy atom. The van der Waals surface area contributed by atoms with Gasteiger partial charge in [0.1, 0.15) is 11.4 Å². The molecule has 10 heteroatoms. The summed E-state index contributed by atoms with van der Waals surface area (Å²) in [4.78, 5) is 28.5. The van der Waals surface area contributed by atoms with Gasteiger partial charge in [-0.15, -0.1) is 0 Å². The first-order valence-electron chi connectivity index (χ1n) is 10.9. The molecule has 0 bridgehead atoms. The molecular formula is C24H26ClN3O5S. The van der Waals surface area contributed by atoms with E-state index in [4.69, 9.17) is 16.3 Å². The van der Waals surface area contributed by atoms with Crippen molar-refractivity contribution in [1.29, 1.82) is 0 Å². The monoisotopic (exact) mass is 503 g/mol. The van der Waals surface area contributed by atoms with Crippen molar-refractivity contribution in [2.75, 3.05) is 32.6 Å². The second kappa shape index (κ2) is 10.3. The lowest BCUT2D eigenvalue weighted by atomic mass is 10.1. The lowest BCUT2D eigenvalue weighted by Gasteiger charge is -2.26. The zero-order valence-corrected chi connectivity index (χ0v) is 20.4.